The van der Waals surface area contributed by atoms with Crippen LogP contribution in [0.1, 0.15) is 11.3 Å². The van der Waals surface area contributed by atoms with Gasteiger partial charge in [-0.15, -0.1) is 0 Å². The Balaban J connectivity index is 2.37. The molecule has 1 aromatic heterocycles. The predicted molar refractivity (Wildman–Crippen MR) is 67.8 cm³/mol. The summed E-state index contributed by atoms with van der Waals surface area (Å²) in [5.41, 5.74) is 2.62. The molecule has 0 atom stereocenters. The molecule has 16 heavy (non-hydrogen) atoms. The van der Waals surface area contributed by atoms with Crippen molar-refractivity contribution in [2.75, 3.05) is 5.32 Å². The van der Waals surface area contributed by atoms with Crippen molar-refractivity contribution in [1.82, 2.24) is 9.97 Å². The summed E-state index contributed by atoms with van der Waals surface area (Å²) in [6, 6.07) is 3.68. The molecule has 0 bridgehead atoms. The zero-order valence-corrected chi connectivity index (χ0v) is 10.4. The summed E-state index contributed by atoms with van der Waals surface area (Å²) < 4.78 is 0. The van der Waals surface area contributed by atoms with Crippen LogP contribution in [0.4, 0.5) is 11.6 Å². The van der Waals surface area contributed by atoms with Crippen molar-refractivity contribution in [2.24, 2.45) is 0 Å². The van der Waals surface area contributed by atoms with E-state index >= 15 is 0 Å². The van der Waals surface area contributed by atoms with Gasteiger partial charge in [0.15, 0.2) is 0 Å². The van der Waals surface area contributed by atoms with Crippen LogP contribution in [0.2, 0.25) is 10.0 Å². The van der Waals surface area contributed by atoms with Crippen LogP contribution in [0, 0.1) is 13.8 Å². The molecule has 0 aliphatic heterocycles. The van der Waals surface area contributed by atoms with E-state index in [9.17, 15) is 0 Å². The van der Waals surface area contributed by atoms with E-state index in [1.165, 1.54) is 0 Å². The van der Waals surface area contributed by atoms with Crippen LogP contribution in [0.3, 0.4) is 0 Å². The summed E-state index contributed by atoms with van der Waals surface area (Å²) in [5.74, 6) is 0.631. The van der Waals surface area contributed by atoms with Crippen LogP contribution in [0.5, 0.6) is 0 Å². The Morgan fingerprint density at radius 3 is 2.62 bits per heavy atom. The molecule has 5 heteroatoms. The van der Waals surface area contributed by atoms with Gasteiger partial charge in [-0.3, -0.25) is 0 Å². The van der Waals surface area contributed by atoms with Gasteiger partial charge in [0.25, 0.3) is 0 Å². The van der Waals surface area contributed by atoms with Gasteiger partial charge in [-0.1, -0.05) is 29.3 Å². The van der Waals surface area contributed by atoms with Gasteiger partial charge >= 0.3 is 0 Å². The van der Waals surface area contributed by atoms with Crippen molar-refractivity contribution in [2.45, 2.75) is 13.8 Å². The van der Waals surface area contributed by atoms with E-state index in [1.54, 1.807) is 12.3 Å². The van der Waals surface area contributed by atoms with Crippen LogP contribution >= 0.6 is 23.2 Å². The van der Waals surface area contributed by atoms with Gasteiger partial charge in [0.2, 0.25) is 5.95 Å². The lowest BCUT2D eigenvalue weighted by Gasteiger charge is -2.09. The van der Waals surface area contributed by atoms with E-state index in [0.717, 1.165) is 11.3 Å². The molecule has 84 valence electrons. The molecule has 0 aliphatic rings. The maximum Gasteiger partial charge on any atom is 0.204 e. The standard InChI is InChI=1S/C11H11Cl2N3/c1-6-3-4-8(12)10(9(6)13)16-11-14-5-7(2)15-11/h3-5H,1-2H3,(H2,14,15,16). The van der Waals surface area contributed by atoms with Crippen molar-refractivity contribution >= 4 is 34.8 Å². The molecule has 2 N–H and O–H groups in total. The van der Waals surface area contributed by atoms with Crippen molar-refractivity contribution in [3.05, 3.63) is 39.6 Å². The van der Waals surface area contributed by atoms with E-state index in [0.29, 0.717) is 21.7 Å². The Bertz CT molecular complexity index is 520. The van der Waals surface area contributed by atoms with E-state index in [-0.39, 0.29) is 0 Å². The fraction of sp³-hybridized carbons (Fsp3) is 0.182. The lowest BCUT2D eigenvalue weighted by atomic mass is 10.2. The average Bonchev–Trinajstić information content (AvgIpc) is 2.65. The lowest BCUT2D eigenvalue weighted by Crippen LogP contribution is -1.95. The van der Waals surface area contributed by atoms with Gasteiger partial charge in [-0.2, -0.15) is 0 Å². The van der Waals surface area contributed by atoms with E-state index in [2.05, 4.69) is 15.3 Å². The molecule has 0 saturated heterocycles. The summed E-state index contributed by atoms with van der Waals surface area (Å²) in [7, 11) is 0. The smallest absolute Gasteiger partial charge is 0.204 e. The number of nitrogens with zero attached hydrogens (tertiary/aromatic N) is 1. The highest BCUT2D eigenvalue weighted by Gasteiger charge is 2.09. The largest absolute Gasteiger partial charge is 0.328 e. The molecule has 0 saturated carbocycles. The highest BCUT2D eigenvalue weighted by molar-refractivity contribution is 6.39. The number of nitrogens with one attached hydrogen (secondary N) is 2. The van der Waals surface area contributed by atoms with Crippen LogP contribution in [-0.2, 0) is 0 Å². The number of H-pyrrole nitrogens is 1. The molecular formula is C11H11Cl2N3. The molecule has 1 heterocycles. The number of aromatic amines is 1. The summed E-state index contributed by atoms with van der Waals surface area (Å²) >= 11 is 12.2. The first-order valence-corrected chi connectivity index (χ1v) is 5.57. The summed E-state index contributed by atoms with van der Waals surface area (Å²) in [5, 5.41) is 4.26. The Morgan fingerprint density at radius 2 is 2.00 bits per heavy atom. The second-order valence-electron chi connectivity index (χ2n) is 3.59. The molecule has 2 rings (SSSR count). The minimum Gasteiger partial charge on any atom is -0.328 e. The Kier molecular flexibility index (Phi) is 3.08. The number of anilines is 2. The molecular weight excluding hydrogens is 245 g/mol. The molecule has 0 amide bonds. The van der Waals surface area contributed by atoms with Gasteiger partial charge in [0.05, 0.1) is 15.7 Å². The van der Waals surface area contributed by atoms with Crippen molar-refractivity contribution in [3.8, 4) is 0 Å². The van der Waals surface area contributed by atoms with Crippen molar-refractivity contribution < 1.29 is 0 Å². The van der Waals surface area contributed by atoms with Gasteiger partial charge in [0, 0.05) is 11.9 Å². The number of imidazole rings is 1. The normalized spacial score (nSPS) is 10.5. The predicted octanol–water partition coefficient (Wildman–Crippen LogP) is 4.08. The van der Waals surface area contributed by atoms with E-state index < -0.39 is 0 Å². The summed E-state index contributed by atoms with van der Waals surface area (Å²) in [6.07, 6.45) is 1.74. The molecule has 2 aromatic rings. The number of hydrogen-bond acceptors (Lipinski definition) is 2. The average molecular weight is 256 g/mol. The molecule has 0 radical (unpaired) electrons. The molecule has 0 fully saturated rings. The number of aromatic nitrogens is 2. The van der Waals surface area contributed by atoms with Crippen LogP contribution in [0.15, 0.2) is 18.3 Å². The Hall–Kier alpha value is -1.19. The third-order valence-electron chi connectivity index (χ3n) is 2.23. The van der Waals surface area contributed by atoms with Crippen LogP contribution in [0.25, 0.3) is 0 Å². The zero-order valence-electron chi connectivity index (χ0n) is 8.94. The maximum atomic E-state index is 6.17. The minimum atomic E-state index is 0.574. The van der Waals surface area contributed by atoms with Crippen LogP contribution in [-0.4, -0.2) is 9.97 Å². The number of halogens is 2. The maximum absolute atomic E-state index is 6.17. The van der Waals surface area contributed by atoms with Crippen molar-refractivity contribution in [3.63, 3.8) is 0 Å². The zero-order chi connectivity index (χ0) is 11.7. The lowest BCUT2D eigenvalue weighted by molar-refractivity contribution is 1.24. The molecule has 0 unspecified atom stereocenters. The van der Waals surface area contributed by atoms with Crippen molar-refractivity contribution in [1.29, 1.82) is 0 Å². The topological polar surface area (TPSA) is 40.7 Å². The number of aryl methyl sites for hydroxylation is 2. The van der Waals surface area contributed by atoms with E-state index in [4.69, 9.17) is 23.2 Å². The van der Waals surface area contributed by atoms with Gasteiger partial charge in [-0.05, 0) is 25.5 Å². The fourth-order valence-electron chi connectivity index (χ4n) is 1.37. The first-order chi connectivity index (χ1) is 7.58. The highest BCUT2D eigenvalue weighted by atomic mass is 35.5. The summed E-state index contributed by atoms with van der Waals surface area (Å²) in [4.78, 5) is 7.20. The van der Waals surface area contributed by atoms with Gasteiger partial charge < -0.3 is 10.3 Å². The Labute approximate surface area is 104 Å². The molecule has 3 nitrogen and oxygen atoms in total. The van der Waals surface area contributed by atoms with Gasteiger partial charge in [0.1, 0.15) is 0 Å². The first kappa shape index (κ1) is 11.3. The number of benzene rings is 1. The second-order valence-corrected chi connectivity index (χ2v) is 4.38. The fourth-order valence-corrected chi connectivity index (χ4v) is 1.83. The number of rotatable bonds is 2. The highest BCUT2D eigenvalue weighted by Crippen LogP contribution is 2.34. The first-order valence-electron chi connectivity index (χ1n) is 4.81. The van der Waals surface area contributed by atoms with E-state index in [1.807, 2.05) is 19.9 Å². The second kappa shape index (κ2) is 4.36. The summed E-state index contributed by atoms with van der Waals surface area (Å²) in [6.45, 7) is 3.86. The third kappa shape index (κ3) is 2.15. The monoisotopic (exact) mass is 255 g/mol. The number of hydrogen-bond donors (Lipinski definition) is 2. The minimum absolute atomic E-state index is 0.574. The quantitative estimate of drug-likeness (QED) is 0.850. The molecule has 0 aliphatic carbocycles. The van der Waals surface area contributed by atoms with Crippen LogP contribution < -0.4 is 5.32 Å². The SMILES string of the molecule is Cc1cnc(Nc2c(Cl)ccc(C)c2Cl)[nH]1. The third-order valence-corrected chi connectivity index (χ3v) is 3.03. The molecule has 0 spiro atoms. The van der Waals surface area contributed by atoms with Gasteiger partial charge in [-0.25, -0.2) is 4.98 Å². The Morgan fingerprint density at radius 1 is 1.25 bits per heavy atom. The molecule has 1 aromatic carbocycles.